The first kappa shape index (κ1) is 36.9. The zero-order chi connectivity index (χ0) is 36.2. The van der Waals surface area contributed by atoms with Gasteiger partial charge in [0, 0.05) is 24.6 Å². The number of nitrogens with one attached hydrogen (secondary N) is 1. The number of carbonyl (C=O) groups is 1. The van der Waals surface area contributed by atoms with E-state index in [1.165, 1.54) is 0 Å². The number of nitrogens with zero attached hydrogens (tertiary/aromatic N) is 1. The van der Waals surface area contributed by atoms with Crippen molar-refractivity contribution in [3.05, 3.63) is 125 Å². The van der Waals surface area contributed by atoms with Gasteiger partial charge in [0.1, 0.15) is 11.6 Å². The lowest BCUT2D eigenvalue weighted by Crippen LogP contribution is -2.48. The predicted octanol–water partition coefficient (Wildman–Crippen LogP) is 6.92. The fraction of sp³-hybridized carbons (Fsp3) is 0.390. The number of aliphatic hydroxyl groups excluding tert-OH is 1. The van der Waals surface area contributed by atoms with Crippen LogP contribution in [0.2, 0.25) is 0 Å². The van der Waals surface area contributed by atoms with Crippen molar-refractivity contribution < 1.29 is 32.5 Å². The van der Waals surface area contributed by atoms with E-state index in [0.717, 1.165) is 52.8 Å². The minimum Gasteiger partial charge on any atom is -0.459 e. The van der Waals surface area contributed by atoms with Gasteiger partial charge in [-0.3, -0.25) is 9.69 Å². The highest BCUT2D eigenvalue weighted by Crippen LogP contribution is 2.43. The van der Waals surface area contributed by atoms with Crippen molar-refractivity contribution in [2.24, 2.45) is 5.92 Å². The van der Waals surface area contributed by atoms with Crippen molar-refractivity contribution in [3.8, 4) is 11.1 Å². The molecule has 0 aliphatic carbocycles. The average Bonchev–Trinajstić information content (AvgIpc) is 3.60. The molecule has 0 amide bonds. The molecule has 2 N–H and O–H groups in total. The molecule has 0 saturated carbocycles. The largest absolute Gasteiger partial charge is 0.459 e. The summed E-state index contributed by atoms with van der Waals surface area (Å²) in [4.78, 5) is 15.6. The van der Waals surface area contributed by atoms with Crippen LogP contribution in [0.5, 0.6) is 0 Å². The van der Waals surface area contributed by atoms with Gasteiger partial charge in [0.25, 0.3) is 0 Å². The summed E-state index contributed by atoms with van der Waals surface area (Å²) in [6.07, 6.45) is 0.424. The number of benzene rings is 4. The summed E-state index contributed by atoms with van der Waals surface area (Å²) in [5.41, 5.74) is 4.80. The fourth-order valence-corrected chi connectivity index (χ4v) is 7.87. The van der Waals surface area contributed by atoms with Crippen LogP contribution in [0.15, 0.2) is 108 Å². The Kier molecular flexibility index (Phi) is 11.4. The van der Waals surface area contributed by atoms with Gasteiger partial charge < -0.3 is 19.3 Å². The van der Waals surface area contributed by atoms with E-state index >= 15 is 0 Å². The van der Waals surface area contributed by atoms with Crippen LogP contribution in [0, 0.1) is 5.92 Å². The molecule has 10 heteroatoms. The van der Waals surface area contributed by atoms with Crippen LogP contribution in [0.3, 0.4) is 0 Å². The first-order chi connectivity index (χ1) is 24.4. The normalized spacial score (nSPS) is 22.9. The monoisotopic (exact) mass is 712 g/mol. The van der Waals surface area contributed by atoms with Gasteiger partial charge >= 0.3 is 5.97 Å². The van der Waals surface area contributed by atoms with E-state index in [-0.39, 0.29) is 48.2 Å². The van der Waals surface area contributed by atoms with E-state index in [9.17, 15) is 18.3 Å². The molecule has 0 aromatic heterocycles. The van der Waals surface area contributed by atoms with Crippen LogP contribution in [0.25, 0.3) is 11.1 Å². The molecule has 0 radical (unpaired) electrons. The molecular weight excluding hydrogens is 665 g/mol. The number of ether oxygens (including phenoxy) is 3. The van der Waals surface area contributed by atoms with Crippen LogP contribution in [-0.2, 0) is 42.2 Å². The van der Waals surface area contributed by atoms with Gasteiger partial charge in [-0.15, -0.1) is 0 Å². The Hall–Kier alpha value is -3.90. The molecule has 2 fully saturated rings. The summed E-state index contributed by atoms with van der Waals surface area (Å²) >= 11 is 0. The van der Waals surface area contributed by atoms with E-state index in [1.54, 1.807) is 30.3 Å². The van der Waals surface area contributed by atoms with Crippen molar-refractivity contribution in [1.29, 1.82) is 0 Å². The molecular formula is C41H48N2O7S. The summed E-state index contributed by atoms with van der Waals surface area (Å²) in [5, 5.41) is 9.65. The first-order valence-corrected chi connectivity index (χ1v) is 19.1. The third-order valence-corrected chi connectivity index (χ3v) is 10.9. The second-order valence-corrected chi connectivity index (χ2v) is 16.2. The minimum atomic E-state index is -3.65. The Balaban J connectivity index is 1.24. The third-order valence-electron chi connectivity index (χ3n) is 9.52. The molecule has 0 unspecified atom stereocenters. The molecule has 2 heterocycles. The molecule has 4 aromatic carbocycles. The first-order valence-electron chi connectivity index (χ1n) is 17.6. The fourth-order valence-electron chi connectivity index (χ4n) is 6.83. The summed E-state index contributed by atoms with van der Waals surface area (Å²) in [6.45, 7) is 9.24. The van der Waals surface area contributed by atoms with Gasteiger partial charge in [-0.05, 0) is 92.2 Å². The maximum Gasteiger partial charge on any atom is 0.323 e. The standard InChI is InChI=1S/C41H48N2O7S/c1-28-37(26-43-22-10-17-36(43)39(45)50-41(2,3)4)48-40(49-38(28)31-20-18-29(27-44)19-21-31)34-14-9-13-33(24-34)32-12-8-11-30(23-32)25-42-51(46,47)35-15-6-5-7-16-35/h5-9,11-16,18-21,23-24,28,36-38,40,42,44H,10,17,22,25-27H2,1-4H3/t28-,36-,37+,38+,40+/m0/s1. The quantitative estimate of drug-likeness (QED) is 0.161. The SMILES string of the molecule is C[C@H]1[C@@H](CN2CCC[C@H]2C(=O)OC(C)(C)C)O[C@@H](c2cccc(-c3cccc(CNS(=O)(=O)c4ccccc4)c3)c2)O[C@H]1c1ccc(CO)cc1. The Morgan fingerprint density at radius 1 is 0.882 bits per heavy atom. The molecule has 0 bridgehead atoms. The minimum absolute atomic E-state index is 0.0381. The number of esters is 1. The second kappa shape index (κ2) is 15.8. The van der Waals surface area contributed by atoms with Crippen molar-refractivity contribution in [3.63, 3.8) is 0 Å². The van der Waals surface area contributed by atoms with E-state index in [0.29, 0.717) is 6.54 Å². The summed E-state index contributed by atoms with van der Waals surface area (Å²) in [5.74, 6) is -0.240. The maximum atomic E-state index is 13.2. The number of sulfonamides is 1. The predicted molar refractivity (Wildman–Crippen MR) is 196 cm³/mol. The zero-order valence-electron chi connectivity index (χ0n) is 29.7. The Morgan fingerprint density at radius 3 is 2.29 bits per heavy atom. The molecule has 2 aliphatic heterocycles. The lowest BCUT2D eigenvalue weighted by Gasteiger charge is -2.43. The highest BCUT2D eigenvalue weighted by molar-refractivity contribution is 7.89. The molecule has 0 spiro atoms. The van der Waals surface area contributed by atoms with Crippen LogP contribution in [-0.4, -0.2) is 55.2 Å². The van der Waals surface area contributed by atoms with Crippen molar-refractivity contribution in [2.75, 3.05) is 13.1 Å². The van der Waals surface area contributed by atoms with Gasteiger partial charge in [0.05, 0.1) is 23.7 Å². The van der Waals surface area contributed by atoms with Crippen LogP contribution in [0.1, 0.15) is 75.2 Å². The van der Waals surface area contributed by atoms with Gasteiger partial charge in [-0.2, -0.15) is 0 Å². The highest BCUT2D eigenvalue weighted by atomic mass is 32.2. The van der Waals surface area contributed by atoms with Crippen LogP contribution >= 0.6 is 0 Å². The average molecular weight is 713 g/mol. The number of likely N-dealkylation sites (tertiary alicyclic amines) is 1. The summed E-state index contributed by atoms with van der Waals surface area (Å²) < 4.78 is 47.7. The lowest BCUT2D eigenvalue weighted by molar-refractivity contribution is -0.276. The number of rotatable bonds is 11. The van der Waals surface area contributed by atoms with Gasteiger partial charge in [0.2, 0.25) is 10.0 Å². The van der Waals surface area contributed by atoms with E-state index in [2.05, 4.69) is 22.6 Å². The number of carbonyl (C=O) groups excluding carboxylic acids is 1. The molecule has 6 rings (SSSR count). The van der Waals surface area contributed by atoms with Gasteiger partial charge in [-0.1, -0.05) is 85.8 Å². The Morgan fingerprint density at radius 2 is 1.59 bits per heavy atom. The molecule has 4 aromatic rings. The summed E-state index contributed by atoms with van der Waals surface area (Å²) in [7, 11) is -3.65. The summed E-state index contributed by atoms with van der Waals surface area (Å²) in [6, 6.07) is 31.7. The zero-order valence-corrected chi connectivity index (χ0v) is 30.5. The topological polar surface area (TPSA) is 114 Å². The van der Waals surface area contributed by atoms with Crippen molar-refractivity contribution in [2.45, 2.75) is 88.7 Å². The van der Waals surface area contributed by atoms with Crippen molar-refractivity contribution in [1.82, 2.24) is 9.62 Å². The lowest BCUT2D eigenvalue weighted by atomic mass is 9.89. The van der Waals surface area contributed by atoms with E-state index in [4.69, 9.17) is 14.2 Å². The molecule has 9 nitrogen and oxygen atoms in total. The molecule has 2 saturated heterocycles. The number of aliphatic hydroxyl groups is 1. The Labute approximate surface area is 301 Å². The number of hydrogen-bond acceptors (Lipinski definition) is 8. The molecule has 5 atom stereocenters. The molecule has 270 valence electrons. The smallest absolute Gasteiger partial charge is 0.323 e. The van der Waals surface area contributed by atoms with Gasteiger partial charge in [-0.25, -0.2) is 13.1 Å². The van der Waals surface area contributed by atoms with E-state index in [1.807, 2.05) is 87.5 Å². The van der Waals surface area contributed by atoms with Gasteiger partial charge in [0.15, 0.2) is 6.29 Å². The van der Waals surface area contributed by atoms with Crippen LogP contribution in [0.4, 0.5) is 0 Å². The Bertz CT molecular complexity index is 1890. The number of hydrogen-bond donors (Lipinski definition) is 2. The van der Waals surface area contributed by atoms with Crippen LogP contribution < -0.4 is 4.72 Å². The van der Waals surface area contributed by atoms with Crippen molar-refractivity contribution >= 4 is 16.0 Å². The third kappa shape index (κ3) is 9.13. The molecule has 51 heavy (non-hydrogen) atoms. The highest BCUT2D eigenvalue weighted by Gasteiger charge is 2.42. The van der Waals surface area contributed by atoms with E-state index < -0.39 is 21.9 Å². The molecule has 2 aliphatic rings. The second-order valence-electron chi connectivity index (χ2n) is 14.5. The maximum absolute atomic E-state index is 13.2.